The molecule has 4 nitrogen and oxygen atoms in total. The summed E-state index contributed by atoms with van der Waals surface area (Å²) in [6, 6.07) is 6.31. The fourth-order valence-corrected chi connectivity index (χ4v) is 1.56. The Kier molecular flexibility index (Phi) is 3.76. The third kappa shape index (κ3) is 3.28. The van der Waals surface area contributed by atoms with E-state index >= 15 is 0 Å². The molecule has 5 heteroatoms. The molecule has 2 aromatic rings. The average Bonchev–Trinajstić information content (AvgIpc) is 2.74. The summed E-state index contributed by atoms with van der Waals surface area (Å²) < 4.78 is 1.67. The van der Waals surface area contributed by atoms with E-state index in [4.69, 9.17) is 11.6 Å². The number of nitrogens with zero attached hydrogens (tertiary/aromatic N) is 3. The Morgan fingerprint density at radius 3 is 2.88 bits per heavy atom. The first-order valence-electron chi connectivity index (χ1n) is 5.55. The third-order valence-corrected chi connectivity index (χ3v) is 2.46. The maximum Gasteiger partial charge on any atom is 0.153 e. The van der Waals surface area contributed by atoms with Gasteiger partial charge in [-0.15, -0.1) is 0 Å². The molecule has 0 spiro atoms. The lowest BCUT2D eigenvalue weighted by molar-refractivity contribution is 0.580. The molecule has 2 rings (SSSR count). The second-order valence-electron chi connectivity index (χ2n) is 4.13. The molecule has 0 aliphatic heterocycles. The molecule has 2 heterocycles. The molecule has 0 atom stereocenters. The summed E-state index contributed by atoms with van der Waals surface area (Å²) in [4.78, 5) is 4.51. The van der Waals surface area contributed by atoms with Crippen molar-refractivity contribution in [1.29, 1.82) is 0 Å². The number of hydrogen-bond acceptors (Lipinski definition) is 3. The van der Waals surface area contributed by atoms with Gasteiger partial charge in [-0.3, -0.25) is 0 Å². The highest BCUT2D eigenvalue weighted by Crippen LogP contribution is 2.10. The fraction of sp³-hybridized carbons (Fsp3) is 0.333. The van der Waals surface area contributed by atoms with Gasteiger partial charge in [0.25, 0.3) is 0 Å². The van der Waals surface area contributed by atoms with Crippen molar-refractivity contribution in [2.45, 2.75) is 26.4 Å². The molecule has 2 aromatic heterocycles. The molecule has 0 aliphatic carbocycles. The Hall–Kier alpha value is -1.39. The summed E-state index contributed by atoms with van der Waals surface area (Å²) >= 11 is 5.83. The topological polar surface area (TPSA) is 42.7 Å². The largest absolute Gasteiger partial charge is 0.309 e. The number of hydrogen-bond donors (Lipinski definition) is 1. The molecule has 0 fully saturated rings. The normalized spacial score (nSPS) is 11.1. The summed E-state index contributed by atoms with van der Waals surface area (Å²) in [5.74, 6) is 0.778. The minimum absolute atomic E-state index is 0.444. The van der Waals surface area contributed by atoms with Gasteiger partial charge in [-0.25, -0.2) is 9.67 Å². The van der Waals surface area contributed by atoms with E-state index in [0.717, 1.165) is 18.1 Å². The molecule has 17 heavy (non-hydrogen) atoms. The van der Waals surface area contributed by atoms with Gasteiger partial charge in [0.15, 0.2) is 5.82 Å². The highest BCUT2D eigenvalue weighted by molar-refractivity contribution is 6.30. The Bertz CT molecular complexity index is 493. The van der Waals surface area contributed by atoms with Crippen LogP contribution in [0.1, 0.15) is 19.5 Å². The zero-order valence-electron chi connectivity index (χ0n) is 9.89. The van der Waals surface area contributed by atoms with E-state index in [1.807, 2.05) is 18.2 Å². The van der Waals surface area contributed by atoms with Gasteiger partial charge in [-0.05, 0) is 12.1 Å². The van der Waals surface area contributed by atoms with Crippen molar-refractivity contribution in [3.8, 4) is 5.82 Å². The van der Waals surface area contributed by atoms with Crippen molar-refractivity contribution in [2.75, 3.05) is 0 Å². The van der Waals surface area contributed by atoms with Crippen molar-refractivity contribution >= 4 is 11.6 Å². The minimum Gasteiger partial charge on any atom is -0.309 e. The highest BCUT2D eigenvalue weighted by atomic mass is 35.5. The molecular formula is C12H15ClN4. The maximum atomic E-state index is 5.83. The number of rotatable bonds is 4. The summed E-state index contributed by atoms with van der Waals surface area (Å²) in [7, 11) is 0. The lowest BCUT2D eigenvalue weighted by Crippen LogP contribution is -2.22. The standard InChI is InChI=1S/C12H15ClN4/c1-9(2)14-7-11-4-3-5-12(16-11)17-8-10(13)6-15-17/h3-6,8-9,14H,7H2,1-2H3. The van der Waals surface area contributed by atoms with Crippen LogP contribution in [0, 0.1) is 0 Å². The summed E-state index contributed by atoms with van der Waals surface area (Å²) in [6.07, 6.45) is 3.34. The van der Waals surface area contributed by atoms with Gasteiger partial charge >= 0.3 is 0 Å². The molecule has 90 valence electrons. The van der Waals surface area contributed by atoms with Crippen LogP contribution < -0.4 is 5.32 Å². The van der Waals surface area contributed by atoms with Crippen molar-refractivity contribution < 1.29 is 0 Å². The second kappa shape index (κ2) is 5.29. The van der Waals surface area contributed by atoms with Gasteiger partial charge in [0, 0.05) is 12.6 Å². The van der Waals surface area contributed by atoms with E-state index in [9.17, 15) is 0 Å². The van der Waals surface area contributed by atoms with Gasteiger partial charge < -0.3 is 5.32 Å². The minimum atomic E-state index is 0.444. The Morgan fingerprint density at radius 1 is 1.41 bits per heavy atom. The molecule has 0 saturated heterocycles. The molecule has 0 unspecified atom stereocenters. The van der Waals surface area contributed by atoms with E-state index in [1.54, 1.807) is 17.1 Å². The van der Waals surface area contributed by atoms with Crippen LogP contribution in [0.2, 0.25) is 5.02 Å². The molecule has 0 aromatic carbocycles. The van der Waals surface area contributed by atoms with E-state index in [0.29, 0.717) is 11.1 Å². The van der Waals surface area contributed by atoms with Gasteiger partial charge in [-0.1, -0.05) is 31.5 Å². The Labute approximate surface area is 106 Å². The van der Waals surface area contributed by atoms with Crippen LogP contribution >= 0.6 is 11.6 Å². The lowest BCUT2D eigenvalue weighted by atomic mass is 10.3. The van der Waals surface area contributed by atoms with Crippen LogP contribution in [0.3, 0.4) is 0 Å². The van der Waals surface area contributed by atoms with E-state index < -0.39 is 0 Å². The van der Waals surface area contributed by atoms with E-state index in [2.05, 4.69) is 29.2 Å². The predicted molar refractivity (Wildman–Crippen MR) is 68.3 cm³/mol. The first-order chi connectivity index (χ1) is 8.15. The first-order valence-corrected chi connectivity index (χ1v) is 5.93. The quantitative estimate of drug-likeness (QED) is 0.906. The third-order valence-electron chi connectivity index (χ3n) is 2.27. The summed E-state index contributed by atoms with van der Waals surface area (Å²) in [5.41, 5.74) is 0.989. The molecule has 0 bridgehead atoms. The zero-order chi connectivity index (χ0) is 12.3. The van der Waals surface area contributed by atoms with Crippen molar-refractivity contribution in [3.05, 3.63) is 41.3 Å². The van der Waals surface area contributed by atoms with Gasteiger partial charge in [-0.2, -0.15) is 5.10 Å². The predicted octanol–water partition coefficient (Wildman–Crippen LogP) is 2.42. The number of pyridine rings is 1. The van der Waals surface area contributed by atoms with Gasteiger partial charge in [0.1, 0.15) is 0 Å². The van der Waals surface area contributed by atoms with Gasteiger partial charge in [0.05, 0.1) is 23.1 Å². The molecule has 0 radical (unpaired) electrons. The molecule has 0 saturated carbocycles. The monoisotopic (exact) mass is 250 g/mol. The van der Waals surface area contributed by atoms with Crippen LogP contribution in [0.15, 0.2) is 30.6 Å². The smallest absolute Gasteiger partial charge is 0.153 e. The zero-order valence-corrected chi connectivity index (χ0v) is 10.6. The number of halogens is 1. The average molecular weight is 251 g/mol. The number of nitrogens with one attached hydrogen (secondary N) is 1. The first kappa shape index (κ1) is 12.1. The lowest BCUT2D eigenvalue weighted by Gasteiger charge is -2.08. The second-order valence-corrected chi connectivity index (χ2v) is 4.56. The van der Waals surface area contributed by atoms with Crippen LogP contribution in [0.5, 0.6) is 0 Å². The Morgan fingerprint density at radius 2 is 2.24 bits per heavy atom. The van der Waals surface area contributed by atoms with Crippen LogP contribution in [-0.4, -0.2) is 20.8 Å². The van der Waals surface area contributed by atoms with E-state index in [1.165, 1.54) is 0 Å². The van der Waals surface area contributed by atoms with Crippen LogP contribution in [0.25, 0.3) is 5.82 Å². The molecule has 0 amide bonds. The van der Waals surface area contributed by atoms with Crippen LogP contribution in [0.4, 0.5) is 0 Å². The van der Waals surface area contributed by atoms with Crippen molar-refractivity contribution in [1.82, 2.24) is 20.1 Å². The summed E-state index contributed by atoms with van der Waals surface area (Å²) in [5, 5.41) is 8.06. The Balaban J connectivity index is 2.16. The van der Waals surface area contributed by atoms with Crippen molar-refractivity contribution in [2.24, 2.45) is 0 Å². The van der Waals surface area contributed by atoms with Crippen LogP contribution in [-0.2, 0) is 6.54 Å². The molecule has 0 aliphatic rings. The molecule has 1 N–H and O–H groups in total. The van der Waals surface area contributed by atoms with E-state index in [-0.39, 0.29) is 0 Å². The molecular weight excluding hydrogens is 236 g/mol. The fourth-order valence-electron chi connectivity index (χ4n) is 1.43. The van der Waals surface area contributed by atoms with Crippen molar-refractivity contribution in [3.63, 3.8) is 0 Å². The SMILES string of the molecule is CC(C)NCc1cccc(-n2cc(Cl)cn2)n1. The summed E-state index contributed by atoms with van der Waals surface area (Å²) in [6.45, 7) is 4.97. The van der Waals surface area contributed by atoms with Gasteiger partial charge in [0.2, 0.25) is 0 Å². The highest BCUT2D eigenvalue weighted by Gasteiger charge is 2.02. The number of aromatic nitrogens is 3. The maximum absolute atomic E-state index is 5.83.